The van der Waals surface area contributed by atoms with E-state index in [1.54, 1.807) is 0 Å². The van der Waals surface area contributed by atoms with Crippen molar-refractivity contribution in [2.45, 2.75) is 6.04 Å². The average molecular weight is 233 g/mol. The second-order valence-corrected chi connectivity index (χ2v) is 3.28. The summed E-state index contributed by atoms with van der Waals surface area (Å²) in [7, 11) is 0. The van der Waals surface area contributed by atoms with Crippen molar-refractivity contribution in [3.8, 4) is 5.75 Å². The Morgan fingerprint density at radius 3 is 2.67 bits per heavy atom. The molecule has 1 aromatic carbocycles. The van der Waals surface area contributed by atoms with Crippen molar-refractivity contribution >= 4 is 17.3 Å². The molecule has 0 aliphatic carbocycles. The number of nitrogens with two attached hydrogens (primary N) is 1. The molecular formula is C8H9ClN2O4. The van der Waals surface area contributed by atoms with E-state index in [1.807, 2.05) is 0 Å². The topological polar surface area (TPSA) is 110 Å². The quantitative estimate of drug-likeness (QED) is 0.531. The summed E-state index contributed by atoms with van der Waals surface area (Å²) in [4.78, 5) is 9.93. The van der Waals surface area contributed by atoms with Gasteiger partial charge in [-0.15, -0.1) is 0 Å². The number of phenolic OH excluding ortho intramolecular Hbond substituents is 1. The summed E-state index contributed by atoms with van der Waals surface area (Å²) in [5, 5.41) is 28.9. The van der Waals surface area contributed by atoms with Crippen LogP contribution < -0.4 is 5.73 Å². The lowest BCUT2D eigenvalue weighted by molar-refractivity contribution is -0.385. The number of aliphatic hydroxyl groups excluding tert-OH is 1. The fraction of sp³-hybridized carbons (Fsp3) is 0.250. The van der Waals surface area contributed by atoms with Crippen LogP contribution in [0, 0.1) is 10.1 Å². The molecule has 4 N–H and O–H groups in total. The summed E-state index contributed by atoms with van der Waals surface area (Å²) in [5.74, 6) is -0.465. The van der Waals surface area contributed by atoms with E-state index < -0.39 is 23.3 Å². The van der Waals surface area contributed by atoms with Crippen molar-refractivity contribution in [2.24, 2.45) is 5.73 Å². The molecule has 1 aromatic rings. The van der Waals surface area contributed by atoms with E-state index in [0.29, 0.717) is 0 Å². The molecule has 0 aliphatic heterocycles. The first-order chi connectivity index (χ1) is 6.99. The fourth-order valence-electron chi connectivity index (χ4n) is 1.19. The predicted molar refractivity (Wildman–Crippen MR) is 53.8 cm³/mol. The maximum absolute atomic E-state index is 10.6. The molecule has 0 saturated heterocycles. The number of aliphatic hydroxyl groups is 1. The minimum atomic E-state index is -1.04. The Balaban J connectivity index is 3.41. The van der Waals surface area contributed by atoms with Crippen LogP contribution in [0.4, 0.5) is 5.69 Å². The Kier molecular flexibility index (Phi) is 3.46. The fourth-order valence-corrected chi connectivity index (χ4v) is 1.35. The highest BCUT2D eigenvalue weighted by Crippen LogP contribution is 2.37. The number of nitro groups is 1. The van der Waals surface area contributed by atoms with Gasteiger partial charge in [0.25, 0.3) is 5.69 Å². The highest BCUT2D eigenvalue weighted by atomic mass is 35.5. The Bertz CT molecular complexity index is 396. The van der Waals surface area contributed by atoms with Crippen LogP contribution >= 0.6 is 11.6 Å². The van der Waals surface area contributed by atoms with E-state index >= 15 is 0 Å². The van der Waals surface area contributed by atoms with Crippen LogP contribution in [0.25, 0.3) is 0 Å². The van der Waals surface area contributed by atoms with E-state index in [4.69, 9.17) is 22.4 Å². The first-order valence-corrected chi connectivity index (χ1v) is 4.39. The molecule has 0 fully saturated rings. The zero-order valence-electron chi connectivity index (χ0n) is 7.55. The zero-order valence-corrected chi connectivity index (χ0v) is 8.31. The van der Waals surface area contributed by atoms with Crippen LogP contribution in [0.2, 0.25) is 5.02 Å². The number of nitro benzene ring substituents is 1. The summed E-state index contributed by atoms with van der Waals surface area (Å²) < 4.78 is 0. The van der Waals surface area contributed by atoms with Gasteiger partial charge >= 0.3 is 0 Å². The minimum absolute atomic E-state index is 0.0421. The van der Waals surface area contributed by atoms with Gasteiger partial charge in [-0.3, -0.25) is 10.1 Å². The third-order valence-electron chi connectivity index (χ3n) is 1.91. The second-order valence-electron chi connectivity index (χ2n) is 2.87. The van der Waals surface area contributed by atoms with Crippen LogP contribution in [0.3, 0.4) is 0 Å². The third-order valence-corrected chi connectivity index (χ3v) is 2.21. The molecule has 15 heavy (non-hydrogen) atoms. The lowest BCUT2D eigenvalue weighted by Gasteiger charge is -2.11. The number of halogens is 1. The lowest BCUT2D eigenvalue weighted by Crippen LogP contribution is -2.16. The van der Waals surface area contributed by atoms with Gasteiger partial charge in [0.2, 0.25) is 0 Å². The van der Waals surface area contributed by atoms with E-state index in [2.05, 4.69) is 0 Å². The summed E-state index contributed by atoms with van der Waals surface area (Å²) in [6, 6.07) is 1.29. The van der Waals surface area contributed by atoms with Crippen LogP contribution in [-0.4, -0.2) is 21.7 Å². The monoisotopic (exact) mass is 232 g/mol. The summed E-state index contributed by atoms with van der Waals surface area (Å²) in [6.45, 7) is -0.519. The lowest BCUT2D eigenvalue weighted by atomic mass is 10.0. The predicted octanol–water partition coefficient (Wildman–Crippen LogP) is 0.946. The molecular weight excluding hydrogens is 224 g/mol. The molecule has 0 spiro atoms. The van der Waals surface area contributed by atoms with Gasteiger partial charge in [-0.2, -0.15) is 0 Å². The molecule has 1 rings (SSSR count). The Morgan fingerprint density at radius 2 is 2.20 bits per heavy atom. The number of phenols is 1. The molecule has 0 unspecified atom stereocenters. The Labute approximate surface area is 90.0 Å². The van der Waals surface area contributed by atoms with E-state index in [1.165, 1.54) is 6.07 Å². The smallest absolute Gasteiger partial charge is 0.278 e. The zero-order chi connectivity index (χ0) is 11.6. The number of benzene rings is 1. The van der Waals surface area contributed by atoms with Gasteiger partial charge in [-0.1, -0.05) is 11.6 Å². The largest absolute Gasteiger partial charge is 0.506 e. The molecule has 0 aromatic heterocycles. The SMILES string of the molecule is N[C@H](CO)c1c([N+](=O)[O-])ccc(Cl)c1O. The van der Waals surface area contributed by atoms with Crippen molar-refractivity contribution in [2.75, 3.05) is 6.61 Å². The molecule has 7 heteroatoms. The van der Waals surface area contributed by atoms with Crippen LogP contribution in [0.15, 0.2) is 12.1 Å². The number of nitrogens with zero attached hydrogens (tertiary/aromatic N) is 1. The van der Waals surface area contributed by atoms with Gasteiger partial charge in [0.15, 0.2) is 0 Å². The molecule has 0 aliphatic rings. The Hall–Kier alpha value is -1.37. The number of hydrogen-bond donors (Lipinski definition) is 3. The summed E-state index contributed by atoms with van der Waals surface area (Å²) in [6.07, 6.45) is 0. The molecule has 0 radical (unpaired) electrons. The highest BCUT2D eigenvalue weighted by Gasteiger charge is 2.24. The Morgan fingerprint density at radius 1 is 1.60 bits per heavy atom. The maximum atomic E-state index is 10.6. The van der Waals surface area contributed by atoms with Gasteiger partial charge < -0.3 is 15.9 Å². The van der Waals surface area contributed by atoms with Crippen LogP contribution in [0.5, 0.6) is 5.75 Å². The summed E-state index contributed by atoms with van der Waals surface area (Å²) in [5.41, 5.74) is 4.91. The molecule has 0 heterocycles. The normalized spacial score (nSPS) is 12.5. The van der Waals surface area contributed by atoms with Crippen molar-refractivity contribution in [1.82, 2.24) is 0 Å². The molecule has 82 valence electrons. The van der Waals surface area contributed by atoms with Crippen molar-refractivity contribution < 1.29 is 15.1 Å². The first kappa shape index (κ1) is 11.7. The van der Waals surface area contributed by atoms with Gasteiger partial charge in [-0.25, -0.2) is 0 Å². The van der Waals surface area contributed by atoms with Crippen molar-refractivity contribution in [3.63, 3.8) is 0 Å². The highest BCUT2D eigenvalue weighted by molar-refractivity contribution is 6.32. The van der Waals surface area contributed by atoms with Crippen LogP contribution in [0.1, 0.15) is 11.6 Å². The van der Waals surface area contributed by atoms with Gasteiger partial charge in [0.1, 0.15) is 5.75 Å². The van der Waals surface area contributed by atoms with Crippen LogP contribution in [-0.2, 0) is 0 Å². The molecule has 0 saturated carbocycles. The number of aromatic hydroxyl groups is 1. The molecule has 0 bridgehead atoms. The van der Waals surface area contributed by atoms with E-state index in [9.17, 15) is 15.2 Å². The van der Waals surface area contributed by atoms with Gasteiger partial charge in [-0.05, 0) is 6.07 Å². The maximum Gasteiger partial charge on any atom is 0.278 e. The van der Waals surface area contributed by atoms with Gasteiger partial charge in [0, 0.05) is 6.07 Å². The number of hydrogen-bond acceptors (Lipinski definition) is 5. The molecule has 1 atom stereocenters. The second kappa shape index (κ2) is 4.43. The minimum Gasteiger partial charge on any atom is -0.506 e. The average Bonchev–Trinajstić information content (AvgIpc) is 2.20. The first-order valence-electron chi connectivity index (χ1n) is 4.01. The third kappa shape index (κ3) is 2.17. The van der Waals surface area contributed by atoms with Crippen molar-refractivity contribution in [3.05, 3.63) is 32.8 Å². The molecule has 6 nitrogen and oxygen atoms in total. The standard InChI is InChI=1S/C8H9ClN2O4/c9-4-1-2-6(11(14)15)7(8(4)13)5(10)3-12/h1-2,5,12-13H,3,10H2/t5-/m1/s1. The van der Waals surface area contributed by atoms with E-state index in [0.717, 1.165) is 6.07 Å². The summed E-state index contributed by atoms with van der Waals surface area (Å²) >= 11 is 5.58. The van der Waals surface area contributed by atoms with E-state index in [-0.39, 0.29) is 16.3 Å². The van der Waals surface area contributed by atoms with Gasteiger partial charge in [0.05, 0.1) is 28.2 Å². The molecule has 0 amide bonds. The van der Waals surface area contributed by atoms with Crippen molar-refractivity contribution in [1.29, 1.82) is 0 Å². The number of rotatable bonds is 3.